The Labute approximate surface area is 148 Å². The van der Waals surface area contributed by atoms with Crippen molar-refractivity contribution in [1.82, 2.24) is 4.90 Å². The average Bonchev–Trinajstić information content (AvgIpc) is 2.61. The molecule has 1 aromatic carbocycles. The van der Waals surface area contributed by atoms with Gasteiger partial charge in [-0.05, 0) is 64.4 Å². The maximum Gasteiger partial charge on any atom is 0.310 e. The van der Waals surface area contributed by atoms with Crippen LogP contribution in [-0.2, 0) is 14.3 Å². The Kier molecular flexibility index (Phi) is 6.70. The predicted octanol–water partition coefficient (Wildman–Crippen LogP) is 2.49. The van der Waals surface area contributed by atoms with Gasteiger partial charge in [0, 0.05) is 17.8 Å². The van der Waals surface area contributed by atoms with E-state index < -0.39 is 0 Å². The van der Waals surface area contributed by atoms with Crippen molar-refractivity contribution in [3.63, 3.8) is 0 Å². The molecule has 1 N–H and O–H groups in total. The molecule has 1 aromatic rings. The van der Waals surface area contributed by atoms with Crippen LogP contribution in [0, 0.1) is 5.92 Å². The van der Waals surface area contributed by atoms with Crippen LogP contribution in [0.4, 0.5) is 5.69 Å². The highest BCUT2D eigenvalue weighted by Crippen LogP contribution is 2.20. The number of hydrogen-bond acceptors (Lipinski definition) is 5. The van der Waals surface area contributed by atoms with E-state index in [1.54, 1.807) is 31.2 Å². The summed E-state index contributed by atoms with van der Waals surface area (Å²) in [6, 6.07) is 6.49. The number of benzene rings is 1. The van der Waals surface area contributed by atoms with Crippen LogP contribution in [0.3, 0.4) is 0 Å². The van der Waals surface area contributed by atoms with Gasteiger partial charge in [-0.25, -0.2) is 0 Å². The van der Waals surface area contributed by atoms with Crippen molar-refractivity contribution in [3.8, 4) is 0 Å². The van der Waals surface area contributed by atoms with Crippen molar-refractivity contribution in [2.75, 3.05) is 25.0 Å². The molecule has 1 fully saturated rings. The molecule has 0 spiro atoms. The van der Waals surface area contributed by atoms with E-state index >= 15 is 0 Å². The first kappa shape index (κ1) is 19.1. The zero-order valence-electron chi connectivity index (χ0n) is 15.1. The minimum absolute atomic E-state index is 0.00966. The van der Waals surface area contributed by atoms with Crippen LogP contribution >= 0.6 is 0 Å². The van der Waals surface area contributed by atoms with Crippen molar-refractivity contribution >= 4 is 23.3 Å². The van der Waals surface area contributed by atoms with Gasteiger partial charge in [-0.1, -0.05) is 0 Å². The Bertz CT molecular complexity index is 627. The molecular formula is C19H26N2O4. The lowest BCUT2D eigenvalue weighted by Gasteiger charge is -2.35. The fourth-order valence-electron chi connectivity index (χ4n) is 3.01. The normalized spacial score (nSPS) is 19.1. The molecular weight excluding hydrogens is 320 g/mol. The first-order chi connectivity index (χ1) is 11.9. The first-order valence-corrected chi connectivity index (χ1v) is 8.75. The number of carbonyl (C=O) groups is 3. The summed E-state index contributed by atoms with van der Waals surface area (Å²) >= 11 is 0. The summed E-state index contributed by atoms with van der Waals surface area (Å²) in [5, 5.41) is 2.87. The number of anilines is 1. The van der Waals surface area contributed by atoms with Gasteiger partial charge in [-0.2, -0.15) is 0 Å². The van der Waals surface area contributed by atoms with Crippen LogP contribution in [-0.4, -0.2) is 48.3 Å². The van der Waals surface area contributed by atoms with Crippen molar-refractivity contribution < 1.29 is 19.1 Å². The molecule has 6 heteroatoms. The standard InChI is InChI=1S/C19H26N2O4/c1-4-25-19(24)16-6-5-11-21(12-16)13(2)18(23)20-17-9-7-15(8-10-17)14(3)22/h7-10,13,16H,4-6,11-12H2,1-3H3,(H,20,23)/t13-,16+/m0/s1. The molecule has 0 unspecified atom stereocenters. The van der Waals surface area contributed by atoms with E-state index in [0.29, 0.717) is 24.4 Å². The zero-order valence-corrected chi connectivity index (χ0v) is 15.1. The monoisotopic (exact) mass is 346 g/mol. The summed E-state index contributed by atoms with van der Waals surface area (Å²) in [5.41, 5.74) is 1.26. The van der Waals surface area contributed by atoms with Crippen LogP contribution in [0.2, 0.25) is 0 Å². The van der Waals surface area contributed by atoms with E-state index in [1.165, 1.54) is 6.92 Å². The van der Waals surface area contributed by atoms with Crippen LogP contribution in [0.1, 0.15) is 44.0 Å². The number of piperidine rings is 1. The minimum Gasteiger partial charge on any atom is -0.466 e. The van der Waals surface area contributed by atoms with E-state index in [2.05, 4.69) is 5.32 Å². The number of carbonyl (C=O) groups excluding carboxylic acids is 3. The molecule has 0 radical (unpaired) electrons. The third kappa shape index (κ3) is 5.13. The maximum absolute atomic E-state index is 12.5. The van der Waals surface area contributed by atoms with Crippen molar-refractivity contribution in [2.24, 2.45) is 5.92 Å². The number of ketones is 1. The van der Waals surface area contributed by atoms with Crippen molar-refractivity contribution in [2.45, 2.75) is 39.7 Å². The van der Waals surface area contributed by atoms with Gasteiger partial charge in [-0.15, -0.1) is 0 Å². The highest BCUT2D eigenvalue weighted by molar-refractivity contribution is 5.97. The van der Waals surface area contributed by atoms with E-state index in [-0.39, 0.29) is 29.6 Å². The van der Waals surface area contributed by atoms with Gasteiger partial charge in [0.05, 0.1) is 18.6 Å². The lowest BCUT2D eigenvalue weighted by atomic mass is 9.97. The molecule has 2 rings (SSSR count). The molecule has 1 aliphatic heterocycles. The molecule has 25 heavy (non-hydrogen) atoms. The number of likely N-dealkylation sites (tertiary alicyclic amines) is 1. The zero-order chi connectivity index (χ0) is 18.4. The quantitative estimate of drug-likeness (QED) is 0.633. The van der Waals surface area contributed by atoms with E-state index in [9.17, 15) is 14.4 Å². The number of hydrogen-bond donors (Lipinski definition) is 1. The molecule has 6 nitrogen and oxygen atoms in total. The highest BCUT2D eigenvalue weighted by atomic mass is 16.5. The van der Waals surface area contributed by atoms with Crippen molar-refractivity contribution in [3.05, 3.63) is 29.8 Å². The van der Waals surface area contributed by atoms with Crippen LogP contribution in [0.5, 0.6) is 0 Å². The fourth-order valence-corrected chi connectivity index (χ4v) is 3.01. The Morgan fingerprint density at radius 2 is 1.96 bits per heavy atom. The Morgan fingerprint density at radius 3 is 2.56 bits per heavy atom. The molecule has 1 heterocycles. The van der Waals surface area contributed by atoms with Crippen LogP contribution in [0.15, 0.2) is 24.3 Å². The largest absolute Gasteiger partial charge is 0.466 e. The number of ether oxygens (including phenoxy) is 1. The number of Topliss-reactive ketones (excluding diaryl/α,β-unsaturated/α-hetero) is 1. The van der Waals surface area contributed by atoms with E-state index in [1.807, 2.05) is 11.8 Å². The van der Waals surface area contributed by atoms with Gasteiger partial charge in [0.1, 0.15) is 0 Å². The third-order valence-corrected chi connectivity index (χ3v) is 4.56. The molecule has 0 aliphatic carbocycles. The fraction of sp³-hybridized carbons (Fsp3) is 0.526. The van der Waals surface area contributed by atoms with Crippen molar-refractivity contribution in [1.29, 1.82) is 0 Å². The van der Waals surface area contributed by atoms with Gasteiger partial charge in [0.25, 0.3) is 0 Å². The number of nitrogens with one attached hydrogen (secondary N) is 1. The second-order valence-electron chi connectivity index (χ2n) is 6.38. The van der Waals surface area contributed by atoms with Gasteiger partial charge < -0.3 is 10.1 Å². The highest BCUT2D eigenvalue weighted by Gasteiger charge is 2.31. The maximum atomic E-state index is 12.5. The lowest BCUT2D eigenvalue weighted by molar-refractivity contribution is -0.150. The molecule has 136 valence electrons. The van der Waals surface area contributed by atoms with E-state index in [4.69, 9.17) is 4.74 Å². The summed E-state index contributed by atoms with van der Waals surface area (Å²) in [5.74, 6) is -0.483. The lowest BCUT2D eigenvalue weighted by Crippen LogP contribution is -2.48. The minimum atomic E-state index is -0.343. The van der Waals surface area contributed by atoms with Gasteiger partial charge >= 0.3 is 5.97 Å². The molecule has 0 saturated carbocycles. The Hall–Kier alpha value is -2.21. The molecule has 0 aromatic heterocycles. The van der Waals surface area contributed by atoms with Gasteiger partial charge in [0.15, 0.2) is 5.78 Å². The van der Waals surface area contributed by atoms with E-state index in [0.717, 1.165) is 19.4 Å². The Balaban J connectivity index is 1.94. The molecule has 1 aliphatic rings. The number of esters is 1. The smallest absolute Gasteiger partial charge is 0.310 e. The van der Waals surface area contributed by atoms with Crippen LogP contribution in [0.25, 0.3) is 0 Å². The second kappa shape index (κ2) is 8.76. The Morgan fingerprint density at radius 1 is 1.28 bits per heavy atom. The van der Waals surface area contributed by atoms with Crippen LogP contribution < -0.4 is 5.32 Å². The summed E-state index contributed by atoms with van der Waals surface area (Å²) in [7, 11) is 0. The molecule has 0 bridgehead atoms. The topological polar surface area (TPSA) is 75.7 Å². The predicted molar refractivity (Wildman–Crippen MR) is 95.5 cm³/mol. The number of amides is 1. The SMILES string of the molecule is CCOC(=O)[C@@H]1CCCN([C@@H](C)C(=O)Nc2ccc(C(C)=O)cc2)C1. The summed E-state index contributed by atoms with van der Waals surface area (Å²) in [6.45, 7) is 6.84. The summed E-state index contributed by atoms with van der Waals surface area (Å²) in [6.07, 6.45) is 1.67. The third-order valence-electron chi connectivity index (χ3n) is 4.56. The number of nitrogens with zero attached hydrogens (tertiary/aromatic N) is 1. The summed E-state index contributed by atoms with van der Waals surface area (Å²) in [4.78, 5) is 37.7. The molecule has 2 atom stereocenters. The molecule has 1 saturated heterocycles. The molecule has 1 amide bonds. The van der Waals surface area contributed by atoms with Gasteiger partial charge in [-0.3, -0.25) is 19.3 Å². The summed E-state index contributed by atoms with van der Waals surface area (Å²) < 4.78 is 5.10. The number of rotatable bonds is 6. The second-order valence-corrected chi connectivity index (χ2v) is 6.38. The average molecular weight is 346 g/mol. The van der Waals surface area contributed by atoms with Gasteiger partial charge in [0.2, 0.25) is 5.91 Å². The first-order valence-electron chi connectivity index (χ1n) is 8.75.